The van der Waals surface area contributed by atoms with Crippen molar-refractivity contribution in [1.82, 2.24) is 9.78 Å². The van der Waals surface area contributed by atoms with Gasteiger partial charge in [-0.05, 0) is 62.2 Å². The minimum Gasteiger partial charge on any atom is -0.456 e. The normalized spacial score (nSPS) is 10.6. The highest BCUT2D eigenvalue weighted by Gasteiger charge is 2.15. The minimum absolute atomic E-state index is 0.000511. The third kappa shape index (κ3) is 5.87. The van der Waals surface area contributed by atoms with Crippen molar-refractivity contribution < 1.29 is 23.5 Å². The van der Waals surface area contributed by atoms with E-state index >= 15 is 0 Å². The Labute approximate surface area is 185 Å². The number of halogens is 1. The molecule has 0 spiro atoms. The maximum absolute atomic E-state index is 13.2. The Morgan fingerprint density at radius 3 is 2.38 bits per heavy atom. The molecule has 0 fully saturated rings. The Balaban J connectivity index is 1.51. The van der Waals surface area contributed by atoms with E-state index in [1.807, 2.05) is 19.9 Å². The van der Waals surface area contributed by atoms with Gasteiger partial charge in [0.1, 0.15) is 11.6 Å². The highest BCUT2D eigenvalue weighted by atomic mass is 19.1. The third-order valence-corrected chi connectivity index (χ3v) is 4.92. The summed E-state index contributed by atoms with van der Waals surface area (Å²) in [7, 11) is 0. The molecule has 3 aromatic rings. The summed E-state index contributed by atoms with van der Waals surface area (Å²) in [6.07, 6.45) is -0.120. The van der Waals surface area contributed by atoms with E-state index in [-0.39, 0.29) is 24.4 Å². The van der Waals surface area contributed by atoms with E-state index in [1.165, 1.54) is 28.9 Å². The summed E-state index contributed by atoms with van der Waals surface area (Å²) >= 11 is 0. The zero-order valence-electron chi connectivity index (χ0n) is 18.1. The first-order valence-electron chi connectivity index (χ1n) is 10.1. The van der Waals surface area contributed by atoms with Crippen LogP contribution in [0.25, 0.3) is 5.69 Å². The lowest BCUT2D eigenvalue weighted by Crippen LogP contribution is -2.22. The number of hydrogen-bond acceptors (Lipinski definition) is 5. The average Bonchev–Trinajstić information content (AvgIpc) is 3.12. The second kappa shape index (κ2) is 10.00. The molecule has 1 N–H and O–H groups in total. The van der Waals surface area contributed by atoms with Crippen LogP contribution in [0.15, 0.2) is 48.5 Å². The van der Waals surface area contributed by atoms with Gasteiger partial charge in [-0.3, -0.25) is 14.4 Å². The van der Waals surface area contributed by atoms with Crippen LogP contribution in [-0.2, 0) is 14.3 Å². The van der Waals surface area contributed by atoms with Crippen molar-refractivity contribution in [1.29, 1.82) is 0 Å². The van der Waals surface area contributed by atoms with Crippen molar-refractivity contribution >= 4 is 23.5 Å². The van der Waals surface area contributed by atoms with Crippen LogP contribution in [0, 0.1) is 26.6 Å². The van der Waals surface area contributed by atoms with Crippen molar-refractivity contribution in [3.05, 3.63) is 76.7 Å². The van der Waals surface area contributed by atoms with Crippen LogP contribution in [0.4, 0.5) is 10.2 Å². The van der Waals surface area contributed by atoms with Crippen molar-refractivity contribution in [2.24, 2.45) is 0 Å². The molecular formula is C24H24FN3O4. The Bertz CT molecular complexity index is 1150. The largest absolute Gasteiger partial charge is 0.456 e. The smallest absolute Gasteiger partial charge is 0.306 e. The summed E-state index contributed by atoms with van der Waals surface area (Å²) < 4.78 is 19.6. The number of nitrogens with one attached hydrogen (secondary N) is 1. The van der Waals surface area contributed by atoms with Crippen LogP contribution in [0.3, 0.4) is 0 Å². The summed E-state index contributed by atoms with van der Waals surface area (Å²) in [5.74, 6) is -1.37. The molecule has 1 amide bonds. The number of carbonyl (C=O) groups excluding carboxylic acids is 3. The Kier molecular flexibility index (Phi) is 7.14. The second-order valence-corrected chi connectivity index (χ2v) is 7.49. The van der Waals surface area contributed by atoms with E-state index in [1.54, 1.807) is 25.1 Å². The number of rotatable bonds is 8. The van der Waals surface area contributed by atoms with E-state index in [4.69, 9.17) is 4.74 Å². The van der Waals surface area contributed by atoms with E-state index in [2.05, 4.69) is 10.4 Å². The van der Waals surface area contributed by atoms with E-state index < -0.39 is 18.5 Å². The number of benzene rings is 2. The standard InChI is InChI=1S/C24H24FN3O4/c1-15-4-5-18(12-16(15)2)21(29)10-11-24(31)32-14-23(30)26-22-13-17(3)27-28(22)20-8-6-19(25)7-9-20/h4-9,12-13H,10-11,14H2,1-3H3,(H,26,30). The van der Waals surface area contributed by atoms with E-state index in [9.17, 15) is 18.8 Å². The molecule has 0 unspecified atom stereocenters. The minimum atomic E-state index is -0.638. The molecule has 0 radical (unpaired) electrons. The van der Waals surface area contributed by atoms with Crippen LogP contribution in [0.1, 0.15) is 40.0 Å². The number of carbonyl (C=O) groups is 3. The number of Topliss-reactive ketones (excluding diaryl/α,β-unsaturated/α-hetero) is 1. The van der Waals surface area contributed by atoms with Crippen LogP contribution >= 0.6 is 0 Å². The van der Waals surface area contributed by atoms with Gasteiger partial charge in [0.2, 0.25) is 0 Å². The summed E-state index contributed by atoms with van der Waals surface area (Å²) in [4.78, 5) is 36.5. The van der Waals surface area contributed by atoms with Crippen molar-refractivity contribution in [3.63, 3.8) is 0 Å². The van der Waals surface area contributed by atoms with Crippen molar-refractivity contribution in [2.45, 2.75) is 33.6 Å². The molecule has 0 bridgehead atoms. The Morgan fingerprint density at radius 2 is 1.69 bits per heavy atom. The molecule has 3 rings (SSSR count). The lowest BCUT2D eigenvalue weighted by molar-refractivity contribution is -0.147. The van der Waals surface area contributed by atoms with Gasteiger partial charge in [-0.25, -0.2) is 9.07 Å². The van der Waals surface area contributed by atoms with Crippen LogP contribution < -0.4 is 5.32 Å². The number of aromatic nitrogens is 2. The summed E-state index contributed by atoms with van der Waals surface area (Å²) in [6.45, 7) is 5.13. The van der Waals surface area contributed by atoms with Crippen LogP contribution in [-0.4, -0.2) is 34.0 Å². The molecule has 0 aliphatic heterocycles. The number of aryl methyl sites for hydroxylation is 3. The zero-order chi connectivity index (χ0) is 23.3. The van der Waals surface area contributed by atoms with E-state index in [0.717, 1.165) is 11.1 Å². The van der Waals surface area contributed by atoms with Crippen molar-refractivity contribution in [3.8, 4) is 5.69 Å². The lowest BCUT2D eigenvalue weighted by Gasteiger charge is -2.09. The Hall–Kier alpha value is -3.81. The summed E-state index contributed by atoms with van der Waals surface area (Å²) in [5, 5.41) is 6.91. The van der Waals surface area contributed by atoms with Crippen molar-refractivity contribution in [2.75, 3.05) is 11.9 Å². The molecule has 32 heavy (non-hydrogen) atoms. The topological polar surface area (TPSA) is 90.3 Å². The first kappa shape index (κ1) is 22.9. The van der Waals surface area contributed by atoms with E-state index in [0.29, 0.717) is 22.8 Å². The number of amides is 1. The number of ether oxygens (including phenoxy) is 1. The quantitative estimate of drug-likeness (QED) is 0.424. The van der Waals surface area contributed by atoms with Crippen LogP contribution in [0.5, 0.6) is 0 Å². The fraction of sp³-hybridized carbons (Fsp3) is 0.250. The summed E-state index contributed by atoms with van der Waals surface area (Å²) in [6, 6.07) is 12.7. The average molecular weight is 437 g/mol. The predicted molar refractivity (Wildman–Crippen MR) is 117 cm³/mol. The molecule has 0 saturated heterocycles. The van der Waals surface area contributed by atoms with Gasteiger partial charge in [0.25, 0.3) is 5.91 Å². The van der Waals surface area contributed by atoms with Gasteiger partial charge < -0.3 is 10.1 Å². The zero-order valence-corrected chi connectivity index (χ0v) is 18.1. The molecule has 0 aliphatic rings. The number of hydrogen-bond donors (Lipinski definition) is 1. The first-order valence-corrected chi connectivity index (χ1v) is 10.1. The molecule has 0 atom stereocenters. The molecule has 0 aliphatic carbocycles. The molecule has 1 aromatic heterocycles. The lowest BCUT2D eigenvalue weighted by atomic mass is 10.0. The van der Waals surface area contributed by atoms with Gasteiger partial charge in [0.05, 0.1) is 17.8 Å². The Morgan fingerprint density at radius 1 is 0.969 bits per heavy atom. The highest BCUT2D eigenvalue weighted by Crippen LogP contribution is 2.18. The molecule has 2 aromatic carbocycles. The third-order valence-electron chi connectivity index (χ3n) is 4.92. The molecular weight excluding hydrogens is 413 g/mol. The number of anilines is 1. The van der Waals surface area contributed by atoms with Gasteiger partial charge in [-0.2, -0.15) is 5.10 Å². The maximum Gasteiger partial charge on any atom is 0.306 e. The molecule has 7 nitrogen and oxygen atoms in total. The van der Waals surface area contributed by atoms with Gasteiger partial charge in [0, 0.05) is 18.1 Å². The highest BCUT2D eigenvalue weighted by molar-refractivity contribution is 5.98. The maximum atomic E-state index is 13.2. The van der Waals surface area contributed by atoms with Gasteiger partial charge in [-0.1, -0.05) is 12.1 Å². The monoisotopic (exact) mass is 437 g/mol. The summed E-state index contributed by atoms with van der Waals surface area (Å²) in [5.41, 5.74) is 3.85. The molecule has 1 heterocycles. The van der Waals surface area contributed by atoms with Crippen LogP contribution in [0.2, 0.25) is 0 Å². The molecule has 0 saturated carbocycles. The number of esters is 1. The van der Waals surface area contributed by atoms with Gasteiger partial charge in [-0.15, -0.1) is 0 Å². The second-order valence-electron chi connectivity index (χ2n) is 7.49. The fourth-order valence-corrected chi connectivity index (χ4v) is 3.04. The first-order chi connectivity index (χ1) is 15.2. The molecule has 166 valence electrons. The molecule has 8 heteroatoms. The number of ketones is 1. The SMILES string of the molecule is Cc1cc(NC(=O)COC(=O)CCC(=O)c2ccc(C)c(C)c2)n(-c2ccc(F)cc2)n1. The van der Waals surface area contributed by atoms with Gasteiger partial charge in [0.15, 0.2) is 12.4 Å². The number of nitrogens with zero attached hydrogens (tertiary/aromatic N) is 2. The fourth-order valence-electron chi connectivity index (χ4n) is 3.04. The predicted octanol–water partition coefficient (Wildman–Crippen LogP) is 4.08. The van der Waals surface area contributed by atoms with Gasteiger partial charge >= 0.3 is 5.97 Å².